The van der Waals surface area contributed by atoms with Crippen molar-refractivity contribution in [3.05, 3.63) is 0 Å². The summed E-state index contributed by atoms with van der Waals surface area (Å²) in [7, 11) is -4.29. The highest BCUT2D eigenvalue weighted by molar-refractivity contribution is 7.47. The molecular formula is C31H65N2O6P. The molecule has 0 aromatic rings. The zero-order valence-electron chi connectivity index (χ0n) is 26.1. The van der Waals surface area contributed by atoms with Crippen molar-refractivity contribution in [3.63, 3.8) is 0 Å². The topological polar surface area (TPSA) is 131 Å². The van der Waals surface area contributed by atoms with E-state index in [1.165, 1.54) is 96.3 Å². The number of phosphoric acid groups is 1. The molecule has 0 spiro atoms. The predicted octanol–water partition coefficient (Wildman–Crippen LogP) is 7.94. The molecule has 0 saturated heterocycles. The van der Waals surface area contributed by atoms with Gasteiger partial charge in [0.2, 0.25) is 5.91 Å². The van der Waals surface area contributed by atoms with E-state index in [1.54, 1.807) is 0 Å². The Balaban J connectivity index is 4.30. The number of carbonyl (C=O) groups is 1. The van der Waals surface area contributed by atoms with Gasteiger partial charge in [0.05, 0.1) is 25.4 Å². The van der Waals surface area contributed by atoms with Gasteiger partial charge in [-0.1, -0.05) is 142 Å². The molecule has 40 heavy (non-hydrogen) atoms. The summed E-state index contributed by atoms with van der Waals surface area (Å²) in [6.07, 6.45) is 25.3. The van der Waals surface area contributed by atoms with Gasteiger partial charge in [-0.25, -0.2) is 4.57 Å². The Hall–Kier alpha value is -0.500. The fourth-order valence-electron chi connectivity index (χ4n) is 4.90. The maximum Gasteiger partial charge on any atom is 0.472 e. The van der Waals surface area contributed by atoms with Crippen LogP contribution in [0, 0.1) is 0 Å². The summed E-state index contributed by atoms with van der Waals surface area (Å²) in [5.74, 6) is -0.164. The van der Waals surface area contributed by atoms with Gasteiger partial charge in [-0.3, -0.25) is 13.8 Å². The first kappa shape index (κ1) is 39.5. The lowest BCUT2D eigenvalue weighted by molar-refractivity contribution is -0.123. The van der Waals surface area contributed by atoms with E-state index in [2.05, 4.69) is 19.2 Å². The average Bonchev–Trinajstić information content (AvgIpc) is 2.93. The number of phosphoric ester groups is 1. The average molecular weight is 593 g/mol. The third kappa shape index (κ3) is 26.4. The quantitative estimate of drug-likeness (QED) is 0.0475. The van der Waals surface area contributed by atoms with Crippen LogP contribution in [-0.4, -0.2) is 47.8 Å². The van der Waals surface area contributed by atoms with Crippen molar-refractivity contribution in [2.24, 2.45) is 5.73 Å². The van der Waals surface area contributed by atoms with Crippen LogP contribution < -0.4 is 11.1 Å². The molecule has 9 heteroatoms. The molecule has 0 fully saturated rings. The summed E-state index contributed by atoms with van der Waals surface area (Å²) in [6, 6.07) is -0.763. The van der Waals surface area contributed by atoms with E-state index in [0.717, 1.165) is 38.5 Å². The zero-order valence-corrected chi connectivity index (χ0v) is 27.0. The normalized spacial score (nSPS) is 14.6. The van der Waals surface area contributed by atoms with E-state index in [1.807, 2.05) is 0 Å². The first-order valence-corrected chi connectivity index (χ1v) is 18.1. The number of aliphatic hydroxyl groups is 1. The lowest BCUT2D eigenvalue weighted by Gasteiger charge is -2.25. The molecular weight excluding hydrogens is 527 g/mol. The van der Waals surface area contributed by atoms with E-state index in [4.69, 9.17) is 14.8 Å². The number of nitrogens with two attached hydrogens (primary N) is 1. The van der Waals surface area contributed by atoms with Gasteiger partial charge in [-0.05, 0) is 12.8 Å². The van der Waals surface area contributed by atoms with E-state index < -0.39 is 20.0 Å². The van der Waals surface area contributed by atoms with Gasteiger partial charge >= 0.3 is 7.82 Å². The molecule has 3 atom stereocenters. The molecule has 0 aliphatic heterocycles. The van der Waals surface area contributed by atoms with Crippen molar-refractivity contribution < 1.29 is 28.4 Å². The minimum atomic E-state index is -4.29. The van der Waals surface area contributed by atoms with Crippen molar-refractivity contribution in [1.29, 1.82) is 0 Å². The van der Waals surface area contributed by atoms with Crippen LogP contribution in [0.15, 0.2) is 0 Å². The highest BCUT2D eigenvalue weighted by atomic mass is 31.2. The van der Waals surface area contributed by atoms with Crippen molar-refractivity contribution in [3.8, 4) is 0 Å². The first-order valence-electron chi connectivity index (χ1n) is 16.7. The van der Waals surface area contributed by atoms with Crippen LogP contribution in [0.25, 0.3) is 0 Å². The summed E-state index contributed by atoms with van der Waals surface area (Å²) < 4.78 is 21.9. The summed E-state index contributed by atoms with van der Waals surface area (Å²) in [5, 5.41) is 13.6. The van der Waals surface area contributed by atoms with E-state index in [9.17, 15) is 19.4 Å². The van der Waals surface area contributed by atoms with Crippen molar-refractivity contribution in [2.45, 2.75) is 174 Å². The van der Waals surface area contributed by atoms with Crippen LogP contribution in [-0.2, 0) is 18.4 Å². The highest BCUT2D eigenvalue weighted by Gasteiger charge is 2.27. The standard InChI is InChI=1S/C31H65N2O6P/c1-3-5-7-9-11-13-14-15-17-19-21-23-25-31(35)33-29(28-39-40(36,37)38-27-26-32)30(34)24-22-20-18-16-12-10-8-6-4-2/h29-30,34H,3-28,32H2,1-2H3,(H,33,35)(H,36,37). The number of amides is 1. The Kier molecular flexibility index (Phi) is 28.3. The van der Waals surface area contributed by atoms with Gasteiger partial charge < -0.3 is 21.1 Å². The number of unbranched alkanes of at least 4 members (excludes halogenated alkanes) is 19. The van der Waals surface area contributed by atoms with Crippen molar-refractivity contribution in [1.82, 2.24) is 5.32 Å². The third-order valence-corrected chi connectivity index (χ3v) is 8.45. The molecule has 1 amide bonds. The molecule has 0 saturated carbocycles. The Morgan fingerprint density at radius 2 is 1.15 bits per heavy atom. The maximum atomic E-state index is 12.6. The molecule has 240 valence electrons. The fraction of sp³-hybridized carbons (Fsp3) is 0.968. The molecule has 0 aliphatic carbocycles. The molecule has 5 N–H and O–H groups in total. The second kappa shape index (κ2) is 28.6. The number of carbonyl (C=O) groups excluding carboxylic acids is 1. The largest absolute Gasteiger partial charge is 0.472 e. The van der Waals surface area contributed by atoms with Gasteiger partial charge in [0.25, 0.3) is 0 Å². The molecule has 3 unspecified atom stereocenters. The minimum absolute atomic E-state index is 0.0916. The lowest BCUT2D eigenvalue weighted by atomic mass is 10.0. The second-order valence-corrected chi connectivity index (χ2v) is 12.8. The van der Waals surface area contributed by atoms with Crippen molar-refractivity contribution >= 4 is 13.7 Å². The molecule has 0 aromatic heterocycles. The summed E-state index contributed by atoms with van der Waals surface area (Å²) >= 11 is 0. The number of nitrogens with one attached hydrogen (secondary N) is 1. The van der Waals surface area contributed by atoms with Crippen LogP contribution >= 0.6 is 7.82 Å². The SMILES string of the molecule is CCCCCCCCCCCCCCC(=O)NC(COP(=O)(O)OCCN)C(O)CCCCCCCCCCC. The van der Waals surface area contributed by atoms with Gasteiger partial charge in [-0.2, -0.15) is 0 Å². The van der Waals surface area contributed by atoms with Gasteiger partial charge in [0.15, 0.2) is 0 Å². The number of hydrogen-bond donors (Lipinski definition) is 4. The number of aliphatic hydroxyl groups excluding tert-OH is 1. The molecule has 0 aliphatic rings. The van der Waals surface area contributed by atoms with Crippen LogP contribution in [0.5, 0.6) is 0 Å². The molecule has 8 nitrogen and oxygen atoms in total. The Bertz CT molecular complexity index is 610. The summed E-state index contributed by atoms with van der Waals surface area (Å²) in [5.41, 5.74) is 5.33. The lowest BCUT2D eigenvalue weighted by Crippen LogP contribution is -2.46. The summed E-state index contributed by atoms with van der Waals surface area (Å²) in [4.78, 5) is 22.5. The monoisotopic (exact) mass is 592 g/mol. The molecule has 0 radical (unpaired) electrons. The molecule has 0 heterocycles. The zero-order chi connectivity index (χ0) is 29.7. The molecule has 0 aromatic carbocycles. The predicted molar refractivity (Wildman–Crippen MR) is 166 cm³/mol. The Morgan fingerprint density at radius 3 is 1.60 bits per heavy atom. The maximum absolute atomic E-state index is 12.6. The second-order valence-electron chi connectivity index (χ2n) is 11.4. The Morgan fingerprint density at radius 1 is 0.725 bits per heavy atom. The fourth-order valence-corrected chi connectivity index (χ4v) is 5.66. The number of rotatable bonds is 31. The highest BCUT2D eigenvalue weighted by Crippen LogP contribution is 2.43. The summed E-state index contributed by atoms with van der Waals surface area (Å²) in [6.45, 7) is 4.16. The minimum Gasteiger partial charge on any atom is -0.391 e. The van der Waals surface area contributed by atoms with E-state index in [-0.39, 0.29) is 25.7 Å². The third-order valence-electron chi connectivity index (χ3n) is 7.46. The van der Waals surface area contributed by atoms with Crippen LogP contribution in [0.4, 0.5) is 0 Å². The van der Waals surface area contributed by atoms with Crippen LogP contribution in [0.3, 0.4) is 0 Å². The van der Waals surface area contributed by atoms with Gasteiger partial charge in [0, 0.05) is 13.0 Å². The Labute approximate surface area is 246 Å². The molecule has 0 rings (SSSR count). The van der Waals surface area contributed by atoms with Gasteiger partial charge in [0.1, 0.15) is 0 Å². The molecule has 0 bridgehead atoms. The van der Waals surface area contributed by atoms with Crippen LogP contribution in [0.1, 0.15) is 162 Å². The van der Waals surface area contributed by atoms with E-state index >= 15 is 0 Å². The smallest absolute Gasteiger partial charge is 0.391 e. The van der Waals surface area contributed by atoms with Crippen LogP contribution in [0.2, 0.25) is 0 Å². The van der Waals surface area contributed by atoms with Gasteiger partial charge in [-0.15, -0.1) is 0 Å². The van der Waals surface area contributed by atoms with E-state index in [0.29, 0.717) is 12.8 Å². The number of hydrogen-bond acceptors (Lipinski definition) is 6. The first-order chi connectivity index (χ1) is 19.4. The van der Waals surface area contributed by atoms with Crippen molar-refractivity contribution in [2.75, 3.05) is 19.8 Å².